The highest BCUT2D eigenvalue weighted by molar-refractivity contribution is 5.64. The molecule has 0 amide bonds. The smallest absolute Gasteiger partial charge is 0.229 e. The van der Waals surface area contributed by atoms with E-state index < -0.39 is 5.82 Å². The maximum absolute atomic E-state index is 14.1. The fourth-order valence-corrected chi connectivity index (χ4v) is 2.33. The molecule has 0 saturated heterocycles. The normalized spacial score (nSPS) is 10.3. The number of rotatable bonds is 8. The number of hydrogen-bond acceptors (Lipinski definition) is 7. The molecule has 0 aliphatic carbocycles. The number of aliphatic hydroxyl groups excluding tert-OH is 1. The minimum Gasteiger partial charge on any atom is -0.491 e. The van der Waals surface area contributed by atoms with Crippen molar-refractivity contribution in [3.8, 4) is 5.75 Å². The van der Waals surface area contributed by atoms with Gasteiger partial charge in [-0.2, -0.15) is 4.98 Å². The summed E-state index contributed by atoms with van der Waals surface area (Å²) in [4.78, 5) is 8.17. The van der Waals surface area contributed by atoms with E-state index in [9.17, 15) is 4.39 Å². The van der Waals surface area contributed by atoms with Crippen LogP contribution in [0, 0.1) is 5.82 Å². The van der Waals surface area contributed by atoms with Gasteiger partial charge in [-0.05, 0) is 42.5 Å². The van der Waals surface area contributed by atoms with Gasteiger partial charge in [-0.3, -0.25) is 0 Å². The number of ether oxygens (including phenoxy) is 1. The Morgan fingerprint density at radius 1 is 1.04 bits per heavy atom. The van der Waals surface area contributed by atoms with Crippen molar-refractivity contribution < 1.29 is 14.2 Å². The van der Waals surface area contributed by atoms with E-state index >= 15 is 0 Å². The van der Waals surface area contributed by atoms with Crippen molar-refractivity contribution in [3.05, 3.63) is 60.5 Å². The first-order valence-corrected chi connectivity index (χ1v) is 8.36. The highest BCUT2D eigenvalue weighted by Gasteiger charge is 2.08. The molecular weight excluding hydrogens is 349 g/mol. The number of anilines is 5. The van der Waals surface area contributed by atoms with Gasteiger partial charge in [0.15, 0.2) is 11.6 Å². The summed E-state index contributed by atoms with van der Waals surface area (Å²) < 4.78 is 19.4. The SMILES string of the molecule is CNc1cccc(Nc2nc(Nc3ccc(OCCO)cc3)ncc2F)c1. The predicted octanol–water partition coefficient (Wildman–Crippen LogP) is 3.52. The molecule has 0 radical (unpaired) electrons. The average Bonchev–Trinajstić information content (AvgIpc) is 2.70. The number of aliphatic hydroxyl groups is 1. The molecular formula is C19H20FN5O2. The van der Waals surface area contributed by atoms with Gasteiger partial charge < -0.3 is 25.8 Å². The van der Waals surface area contributed by atoms with Gasteiger partial charge in [-0.1, -0.05) is 6.07 Å². The Morgan fingerprint density at radius 3 is 2.56 bits per heavy atom. The van der Waals surface area contributed by atoms with Crippen molar-refractivity contribution in [1.82, 2.24) is 9.97 Å². The van der Waals surface area contributed by atoms with Crippen molar-refractivity contribution >= 4 is 28.8 Å². The topological polar surface area (TPSA) is 91.3 Å². The summed E-state index contributed by atoms with van der Waals surface area (Å²) in [5.74, 6) is 0.418. The standard InChI is InChI=1S/C19H20FN5O2/c1-21-14-3-2-4-15(11-14)23-18-17(20)12-22-19(25-18)24-13-5-7-16(8-6-13)27-10-9-26/h2-8,11-12,21,26H,9-10H2,1H3,(H2,22,23,24,25). The first-order chi connectivity index (χ1) is 13.2. The van der Waals surface area contributed by atoms with Crippen LogP contribution in [-0.4, -0.2) is 35.3 Å². The zero-order valence-corrected chi connectivity index (χ0v) is 14.7. The summed E-state index contributed by atoms with van der Waals surface area (Å²) in [6.07, 6.45) is 1.11. The lowest BCUT2D eigenvalue weighted by atomic mass is 10.3. The molecule has 0 saturated carbocycles. The zero-order valence-electron chi connectivity index (χ0n) is 14.7. The van der Waals surface area contributed by atoms with Crippen LogP contribution in [0.2, 0.25) is 0 Å². The molecule has 27 heavy (non-hydrogen) atoms. The Hall–Kier alpha value is -3.39. The van der Waals surface area contributed by atoms with Gasteiger partial charge in [0.25, 0.3) is 0 Å². The third-order valence-corrected chi connectivity index (χ3v) is 3.63. The monoisotopic (exact) mass is 369 g/mol. The number of halogens is 1. The highest BCUT2D eigenvalue weighted by atomic mass is 19.1. The molecule has 0 unspecified atom stereocenters. The summed E-state index contributed by atoms with van der Waals surface area (Å²) in [6, 6.07) is 14.5. The number of nitrogens with one attached hydrogen (secondary N) is 3. The second-order valence-electron chi connectivity index (χ2n) is 5.57. The molecule has 1 heterocycles. The van der Waals surface area contributed by atoms with Crippen molar-refractivity contribution in [2.75, 3.05) is 36.2 Å². The highest BCUT2D eigenvalue weighted by Crippen LogP contribution is 2.23. The Bertz CT molecular complexity index is 890. The fraction of sp³-hybridized carbons (Fsp3) is 0.158. The first kappa shape index (κ1) is 18.4. The van der Waals surface area contributed by atoms with Crippen LogP contribution in [0.5, 0.6) is 5.75 Å². The van der Waals surface area contributed by atoms with Gasteiger partial charge >= 0.3 is 0 Å². The molecule has 7 nitrogen and oxygen atoms in total. The number of nitrogens with zero attached hydrogens (tertiary/aromatic N) is 2. The lowest BCUT2D eigenvalue weighted by Crippen LogP contribution is -2.04. The van der Waals surface area contributed by atoms with Crippen LogP contribution in [0.15, 0.2) is 54.7 Å². The van der Waals surface area contributed by atoms with Crippen molar-refractivity contribution in [3.63, 3.8) is 0 Å². The minimum absolute atomic E-state index is 0.0452. The summed E-state index contributed by atoms with van der Waals surface area (Å²) >= 11 is 0. The van der Waals surface area contributed by atoms with Crippen LogP contribution in [0.4, 0.5) is 33.2 Å². The summed E-state index contributed by atoms with van der Waals surface area (Å²) in [7, 11) is 1.81. The van der Waals surface area contributed by atoms with Gasteiger partial charge in [-0.15, -0.1) is 0 Å². The molecule has 1 aromatic heterocycles. The third-order valence-electron chi connectivity index (χ3n) is 3.63. The minimum atomic E-state index is -0.553. The predicted molar refractivity (Wildman–Crippen MR) is 104 cm³/mol. The van der Waals surface area contributed by atoms with Crippen molar-refractivity contribution in [1.29, 1.82) is 0 Å². The van der Waals surface area contributed by atoms with E-state index in [2.05, 4.69) is 25.9 Å². The first-order valence-electron chi connectivity index (χ1n) is 8.36. The van der Waals surface area contributed by atoms with Crippen molar-refractivity contribution in [2.24, 2.45) is 0 Å². The average molecular weight is 369 g/mol. The van der Waals surface area contributed by atoms with Gasteiger partial charge in [0.05, 0.1) is 12.8 Å². The van der Waals surface area contributed by atoms with Gasteiger partial charge in [-0.25, -0.2) is 9.37 Å². The lowest BCUT2D eigenvalue weighted by molar-refractivity contribution is 0.201. The maximum Gasteiger partial charge on any atom is 0.229 e. The fourth-order valence-electron chi connectivity index (χ4n) is 2.33. The van der Waals surface area contributed by atoms with Gasteiger partial charge in [0, 0.05) is 24.1 Å². The molecule has 0 bridgehead atoms. The Balaban J connectivity index is 1.72. The second kappa shape index (κ2) is 8.81. The second-order valence-corrected chi connectivity index (χ2v) is 5.57. The molecule has 0 aliphatic heterocycles. The van der Waals surface area contributed by atoms with Gasteiger partial charge in [0.2, 0.25) is 5.95 Å². The molecule has 3 rings (SSSR count). The van der Waals surface area contributed by atoms with Gasteiger partial charge in [0.1, 0.15) is 12.4 Å². The van der Waals surface area contributed by atoms with Crippen LogP contribution < -0.4 is 20.7 Å². The lowest BCUT2D eigenvalue weighted by Gasteiger charge is -2.11. The van der Waals surface area contributed by atoms with Crippen LogP contribution in [-0.2, 0) is 0 Å². The maximum atomic E-state index is 14.1. The van der Waals surface area contributed by atoms with E-state index in [1.54, 1.807) is 24.3 Å². The zero-order chi connectivity index (χ0) is 19.1. The summed E-state index contributed by atoms with van der Waals surface area (Å²) in [6.45, 7) is 0.189. The van der Waals surface area contributed by atoms with Crippen LogP contribution in [0.3, 0.4) is 0 Å². The van der Waals surface area contributed by atoms with Crippen LogP contribution in [0.25, 0.3) is 0 Å². The summed E-state index contributed by atoms with van der Waals surface area (Å²) in [5.41, 5.74) is 2.33. The van der Waals surface area contributed by atoms with Crippen LogP contribution in [0.1, 0.15) is 0 Å². The van der Waals surface area contributed by atoms with E-state index in [0.717, 1.165) is 17.6 Å². The van der Waals surface area contributed by atoms with Crippen LogP contribution >= 0.6 is 0 Å². The number of hydrogen-bond donors (Lipinski definition) is 4. The van der Waals surface area contributed by atoms with E-state index in [0.29, 0.717) is 11.4 Å². The Labute approximate surface area is 156 Å². The molecule has 0 fully saturated rings. The molecule has 0 spiro atoms. The largest absolute Gasteiger partial charge is 0.491 e. The van der Waals surface area contributed by atoms with Crippen molar-refractivity contribution in [2.45, 2.75) is 0 Å². The molecule has 140 valence electrons. The quantitative estimate of drug-likeness (QED) is 0.483. The molecule has 8 heteroatoms. The van der Waals surface area contributed by atoms with E-state index in [-0.39, 0.29) is 25.0 Å². The molecule has 3 aromatic rings. The molecule has 4 N–H and O–H groups in total. The van der Waals surface area contributed by atoms with E-state index in [1.807, 2.05) is 31.3 Å². The molecule has 2 aromatic carbocycles. The Morgan fingerprint density at radius 2 is 1.81 bits per heavy atom. The molecule has 0 atom stereocenters. The van der Waals surface area contributed by atoms with E-state index in [1.165, 1.54) is 0 Å². The third kappa shape index (κ3) is 5.05. The van der Waals surface area contributed by atoms with E-state index in [4.69, 9.17) is 9.84 Å². The number of aromatic nitrogens is 2. The Kier molecular flexibility index (Phi) is 6.01. The molecule has 0 aliphatic rings. The summed E-state index contributed by atoms with van der Waals surface area (Å²) in [5, 5.41) is 17.8. The number of benzene rings is 2.